The molecule has 0 spiro atoms. The Morgan fingerprint density at radius 1 is 1.23 bits per heavy atom. The van der Waals surface area contributed by atoms with Crippen LogP contribution in [0.15, 0.2) is 24.3 Å². The molecule has 1 aromatic carbocycles. The lowest BCUT2D eigenvalue weighted by molar-refractivity contribution is 0.0528. The van der Waals surface area contributed by atoms with Gasteiger partial charge in [-0.2, -0.15) is 5.26 Å². The molecule has 0 bridgehead atoms. The minimum absolute atomic E-state index is 0.471. The van der Waals surface area contributed by atoms with E-state index in [9.17, 15) is 5.11 Å². The Kier molecular flexibility index (Phi) is 3.26. The van der Waals surface area contributed by atoms with Crippen molar-refractivity contribution in [2.45, 2.75) is 12.2 Å². The van der Waals surface area contributed by atoms with E-state index in [4.69, 9.17) is 22.0 Å². The topological polar surface area (TPSA) is 64.2 Å². The Balaban J connectivity index is 2.84. The molecule has 0 fully saturated rings. The van der Waals surface area contributed by atoms with Crippen molar-refractivity contribution in [3.63, 3.8) is 0 Å². The molecule has 3 nitrogen and oxygen atoms in total. The maximum Gasteiger partial charge on any atom is 0.170 e. The van der Waals surface area contributed by atoms with Crippen molar-refractivity contribution < 1.29 is 10.2 Å². The first-order chi connectivity index (χ1) is 6.15. The molecule has 0 amide bonds. The van der Waals surface area contributed by atoms with E-state index in [0.717, 1.165) is 0 Å². The quantitative estimate of drug-likeness (QED) is 0.702. The van der Waals surface area contributed by atoms with E-state index in [2.05, 4.69) is 0 Å². The van der Waals surface area contributed by atoms with Gasteiger partial charge in [0.1, 0.15) is 6.10 Å². The van der Waals surface area contributed by atoms with Gasteiger partial charge >= 0.3 is 0 Å². The summed E-state index contributed by atoms with van der Waals surface area (Å²) >= 11 is 5.62. The molecule has 2 N–H and O–H groups in total. The molecule has 0 saturated heterocycles. The SMILES string of the molecule is N#CC(O)C(O)c1ccc(Cl)cc1. The second-order valence-electron chi connectivity index (χ2n) is 2.57. The van der Waals surface area contributed by atoms with Gasteiger partial charge in [0.15, 0.2) is 6.10 Å². The lowest BCUT2D eigenvalue weighted by Gasteiger charge is -2.11. The summed E-state index contributed by atoms with van der Waals surface area (Å²) in [6, 6.07) is 7.85. The van der Waals surface area contributed by atoms with Crippen LogP contribution in [0, 0.1) is 11.3 Å². The molecule has 2 unspecified atom stereocenters. The Morgan fingerprint density at radius 2 is 1.77 bits per heavy atom. The first-order valence-electron chi connectivity index (χ1n) is 3.66. The van der Waals surface area contributed by atoms with Crippen molar-refractivity contribution in [2.24, 2.45) is 0 Å². The molecule has 1 aromatic rings. The Hall–Kier alpha value is -1.08. The fourth-order valence-electron chi connectivity index (χ4n) is 0.913. The minimum atomic E-state index is -1.40. The summed E-state index contributed by atoms with van der Waals surface area (Å²) in [7, 11) is 0. The van der Waals surface area contributed by atoms with Crippen LogP contribution in [0.25, 0.3) is 0 Å². The van der Waals surface area contributed by atoms with Gasteiger partial charge in [-0.15, -0.1) is 0 Å². The van der Waals surface area contributed by atoms with Crippen molar-refractivity contribution in [2.75, 3.05) is 0 Å². The summed E-state index contributed by atoms with van der Waals surface area (Å²) in [5, 5.41) is 27.2. The summed E-state index contributed by atoms with van der Waals surface area (Å²) in [5.41, 5.74) is 0.471. The molecule has 0 aliphatic heterocycles. The summed E-state index contributed by atoms with van der Waals surface area (Å²) in [5.74, 6) is 0. The van der Waals surface area contributed by atoms with Gasteiger partial charge in [-0.25, -0.2) is 0 Å². The predicted octanol–water partition coefficient (Wildman–Crippen LogP) is 1.26. The highest BCUT2D eigenvalue weighted by molar-refractivity contribution is 6.30. The first-order valence-corrected chi connectivity index (χ1v) is 4.04. The molecule has 1 rings (SSSR count). The maximum absolute atomic E-state index is 9.36. The number of hydrogen-bond donors (Lipinski definition) is 2. The molecule has 13 heavy (non-hydrogen) atoms. The molecule has 0 radical (unpaired) electrons. The van der Waals surface area contributed by atoms with Gasteiger partial charge in [-0.3, -0.25) is 0 Å². The smallest absolute Gasteiger partial charge is 0.170 e. The number of rotatable bonds is 2. The molecule has 0 heterocycles. The van der Waals surface area contributed by atoms with Crippen molar-refractivity contribution in [1.29, 1.82) is 5.26 Å². The lowest BCUT2D eigenvalue weighted by Crippen LogP contribution is -2.15. The molecular formula is C9H8ClNO2. The monoisotopic (exact) mass is 197 g/mol. The molecule has 4 heteroatoms. The van der Waals surface area contributed by atoms with E-state index in [1.807, 2.05) is 0 Å². The Bertz CT molecular complexity index is 317. The first kappa shape index (κ1) is 10.0. The molecule has 2 atom stereocenters. The van der Waals surface area contributed by atoms with Gasteiger partial charge in [0, 0.05) is 5.02 Å². The highest BCUT2D eigenvalue weighted by Gasteiger charge is 2.16. The van der Waals surface area contributed by atoms with Crippen LogP contribution >= 0.6 is 11.6 Å². The Labute approximate surface area is 80.8 Å². The third kappa shape index (κ3) is 2.43. The number of halogens is 1. The van der Waals surface area contributed by atoms with Crippen LogP contribution < -0.4 is 0 Å². The van der Waals surface area contributed by atoms with Crippen molar-refractivity contribution >= 4 is 11.6 Å². The van der Waals surface area contributed by atoms with Crippen LogP contribution in [0.2, 0.25) is 5.02 Å². The predicted molar refractivity (Wildman–Crippen MR) is 48.0 cm³/mol. The number of nitriles is 1. The third-order valence-corrected chi connectivity index (χ3v) is 1.89. The van der Waals surface area contributed by atoms with Gasteiger partial charge in [-0.05, 0) is 17.7 Å². The van der Waals surface area contributed by atoms with E-state index >= 15 is 0 Å². The van der Waals surface area contributed by atoms with Crippen LogP contribution in [0.3, 0.4) is 0 Å². The van der Waals surface area contributed by atoms with Gasteiger partial charge < -0.3 is 10.2 Å². The van der Waals surface area contributed by atoms with Crippen LogP contribution in [0.5, 0.6) is 0 Å². The zero-order chi connectivity index (χ0) is 9.84. The molecule has 0 aliphatic rings. The third-order valence-electron chi connectivity index (χ3n) is 1.64. The van der Waals surface area contributed by atoms with Gasteiger partial charge in [0.25, 0.3) is 0 Å². The molecule has 0 aliphatic carbocycles. The summed E-state index contributed by atoms with van der Waals surface area (Å²) in [6.07, 6.45) is -2.58. The van der Waals surface area contributed by atoms with E-state index in [0.29, 0.717) is 10.6 Å². The average Bonchev–Trinajstić information content (AvgIpc) is 2.17. The summed E-state index contributed by atoms with van der Waals surface area (Å²) in [6.45, 7) is 0. The largest absolute Gasteiger partial charge is 0.385 e. The van der Waals surface area contributed by atoms with Crippen LogP contribution in [0.1, 0.15) is 11.7 Å². The normalized spacial score (nSPS) is 14.6. The summed E-state index contributed by atoms with van der Waals surface area (Å²) in [4.78, 5) is 0. The highest BCUT2D eigenvalue weighted by atomic mass is 35.5. The second kappa shape index (κ2) is 4.24. The molecular weight excluding hydrogens is 190 g/mol. The second-order valence-corrected chi connectivity index (χ2v) is 3.01. The van der Waals surface area contributed by atoms with Crippen molar-refractivity contribution in [1.82, 2.24) is 0 Å². The molecule has 0 saturated carbocycles. The number of aliphatic hydroxyl groups excluding tert-OH is 2. The van der Waals surface area contributed by atoms with Gasteiger partial charge in [-0.1, -0.05) is 23.7 Å². The molecule has 0 aromatic heterocycles. The van der Waals surface area contributed by atoms with Crippen molar-refractivity contribution in [3.8, 4) is 6.07 Å². The van der Waals surface area contributed by atoms with Crippen molar-refractivity contribution in [3.05, 3.63) is 34.9 Å². The Morgan fingerprint density at radius 3 is 2.23 bits per heavy atom. The fraction of sp³-hybridized carbons (Fsp3) is 0.222. The summed E-state index contributed by atoms with van der Waals surface area (Å²) < 4.78 is 0. The van der Waals surface area contributed by atoms with Crippen LogP contribution in [0.4, 0.5) is 0 Å². The van der Waals surface area contributed by atoms with Gasteiger partial charge in [0.05, 0.1) is 6.07 Å². The van der Waals surface area contributed by atoms with E-state index < -0.39 is 12.2 Å². The number of aliphatic hydroxyl groups is 2. The zero-order valence-corrected chi connectivity index (χ0v) is 7.44. The number of benzene rings is 1. The van der Waals surface area contributed by atoms with Crippen LogP contribution in [-0.2, 0) is 0 Å². The lowest BCUT2D eigenvalue weighted by atomic mass is 10.1. The number of hydrogen-bond acceptors (Lipinski definition) is 3. The standard InChI is InChI=1S/C9H8ClNO2/c10-7-3-1-6(2-4-7)9(13)8(12)5-11/h1-4,8-9,12-13H. The zero-order valence-electron chi connectivity index (χ0n) is 6.68. The number of nitrogens with zero attached hydrogens (tertiary/aromatic N) is 1. The maximum atomic E-state index is 9.36. The van der Waals surface area contributed by atoms with Crippen LogP contribution in [-0.4, -0.2) is 16.3 Å². The minimum Gasteiger partial charge on any atom is -0.385 e. The van der Waals surface area contributed by atoms with Gasteiger partial charge in [0.2, 0.25) is 0 Å². The van der Waals surface area contributed by atoms with E-state index in [-0.39, 0.29) is 0 Å². The highest BCUT2D eigenvalue weighted by Crippen LogP contribution is 2.18. The molecule has 68 valence electrons. The fourth-order valence-corrected chi connectivity index (χ4v) is 1.04. The average molecular weight is 198 g/mol. The van der Waals surface area contributed by atoms with E-state index in [1.165, 1.54) is 0 Å². The van der Waals surface area contributed by atoms with E-state index in [1.54, 1.807) is 30.3 Å².